The van der Waals surface area contributed by atoms with E-state index in [9.17, 15) is 9.59 Å². The summed E-state index contributed by atoms with van der Waals surface area (Å²) in [6.45, 7) is 1.28. The van der Waals surface area contributed by atoms with Crippen LogP contribution in [0.3, 0.4) is 0 Å². The van der Waals surface area contributed by atoms with E-state index >= 15 is 0 Å². The summed E-state index contributed by atoms with van der Waals surface area (Å²) in [5.41, 5.74) is 2.95. The number of fused-ring (bicyclic) bond motifs is 1. The van der Waals surface area contributed by atoms with E-state index < -0.39 is 0 Å². The quantitative estimate of drug-likeness (QED) is 0.936. The Bertz CT molecular complexity index is 758. The van der Waals surface area contributed by atoms with Crippen molar-refractivity contribution in [3.63, 3.8) is 0 Å². The first-order valence-corrected chi connectivity index (χ1v) is 7.94. The molecule has 0 bridgehead atoms. The molecular weight excluding hydrogens is 304 g/mol. The molecule has 3 rings (SSSR count). The highest BCUT2D eigenvalue weighted by Crippen LogP contribution is 2.18. The molecule has 2 aromatic rings. The predicted molar refractivity (Wildman–Crippen MR) is 90.9 cm³/mol. The van der Waals surface area contributed by atoms with Crippen LogP contribution in [0.4, 0.5) is 0 Å². The van der Waals surface area contributed by atoms with E-state index in [0.29, 0.717) is 24.4 Å². The Kier molecular flexibility index (Phi) is 4.79. The molecule has 0 radical (unpaired) electrons. The SMILES string of the molecule is COc1cccc(C(=O)NCC(=O)N2CCc3ccccc3C2)c1. The first kappa shape index (κ1) is 16.1. The fourth-order valence-corrected chi connectivity index (χ4v) is 2.84. The smallest absolute Gasteiger partial charge is 0.251 e. The average Bonchev–Trinajstić information content (AvgIpc) is 2.65. The summed E-state index contributed by atoms with van der Waals surface area (Å²) in [5, 5.41) is 2.69. The zero-order valence-electron chi connectivity index (χ0n) is 13.6. The Hall–Kier alpha value is -2.82. The van der Waals surface area contributed by atoms with Gasteiger partial charge in [0, 0.05) is 18.7 Å². The van der Waals surface area contributed by atoms with Gasteiger partial charge in [-0.25, -0.2) is 0 Å². The molecule has 0 atom stereocenters. The normalized spacial score (nSPS) is 13.1. The standard InChI is InChI=1S/C19H20N2O3/c1-24-17-8-4-7-15(11-17)19(23)20-12-18(22)21-10-9-14-5-2-3-6-16(14)13-21/h2-8,11H,9-10,12-13H2,1H3,(H,20,23). The molecule has 124 valence electrons. The maximum atomic E-state index is 12.4. The molecule has 24 heavy (non-hydrogen) atoms. The summed E-state index contributed by atoms with van der Waals surface area (Å²) in [6.07, 6.45) is 0.853. The minimum atomic E-state index is -0.278. The van der Waals surface area contributed by atoms with Gasteiger partial charge in [0.05, 0.1) is 13.7 Å². The fraction of sp³-hybridized carbons (Fsp3) is 0.263. The Morgan fingerprint density at radius 3 is 2.71 bits per heavy atom. The molecule has 0 spiro atoms. The first-order chi connectivity index (χ1) is 11.7. The lowest BCUT2D eigenvalue weighted by molar-refractivity contribution is -0.131. The monoisotopic (exact) mass is 324 g/mol. The maximum absolute atomic E-state index is 12.4. The Labute approximate surface area is 141 Å². The third-order valence-corrected chi connectivity index (χ3v) is 4.22. The average molecular weight is 324 g/mol. The van der Waals surface area contributed by atoms with Gasteiger partial charge < -0.3 is 15.0 Å². The van der Waals surface area contributed by atoms with Gasteiger partial charge in [0.15, 0.2) is 0 Å². The van der Waals surface area contributed by atoms with Crippen molar-refractivity contribution in [1.29, 1.82) is 0 Å². The highest BCUT2D eigenvalue weighted by molar-refractivity contribution is 5.96. The minimum Gasteiger partial charge on any atom is -0.497 e. The van der Waals surface area contributed by atoms with Crippen LogP contribution in [0.15, 0.2) is 48.5 Å². The molecule has 0 fully saturated rings. The highest BCUT2D eigenvalue weighted by Gasteiger charge is 2.20. The molecule has 1 aliphatic heterocycles. The van der Waals surface area contributed by atoms with Gasteiger partial charge in [-0.05, 0) is 35.7 Å². The maximum Gasteiger partial charge on any atom is 0.251 e. The van der Waals surface area contributed by atoms with E-state index in [1.807, 2.05) is 18.2 Å². The van der Waals surface area contributed by atoms with Crippen LogP contribution in [-0.2, 0) is 17.8 Å². The van der Waals surface area contributed by atoms with Crippen molar-refractivity contribution >= 4 is 11.8 Å². The molecule has 0 saturated heterocycles. The lowest BCUT2D eigenvalue weighted by atomic mass is 10.00. The van der Waals surface area contributed by atoms with Gasteiger partial charge in [-0.1, -0.05) is 30.3 Å². The van der Waals surface area contributed by atoms with Gasteiger partial charge in [0.2, 0.25) is 5.91 Å². The van der Waals surface area contributed by atoms with Crippen LogP contribution in [-0.4, -0.2) is 36.9 Å². The Morgan fingerprint density at radius 2 is 1.92 bits per heavy atom. The lowest BCUT2D eigenvalue weighted by Gasteiger charge is -2.29. The van der Waals surface area contributed by atoms with Crippen LogP contribution < -0.4 is 10.1 Å². The van der Waals surface area contributed by atoms with E-state index in [4.69, 9.17) is 4.74 Å². The second-order valence-electron chi connectivity index (χ2n) is 5.75. The number of ether oxygens (including phenoxy) is 1. The molecule has 2 aromatic carbocycles. The zero-order valence-corrected chi connectivity index (χ0v) is 13.6. The summed E-state index contributed by atoms with van der Waals surface area (Å²) in [7, 11) is 1.55. The van der Waals surface area contributed by atoms with Gasteiger partial charge in [-0.2, -0.15) is 0 Å². The molecule has 1 N–H and O–H groups in total. The van der Waals surface area contributed by atoms with E-state index in [1.54, 1.807) is 36.3 Å². The van der Waals surface area contributed by atoms with E-state index in [1.165, 1.54) is 11.1 Å². The summed E-state index contributed by atoms with van der Waals surface area (Å²) in [4.78, 5) is 26.3. The molecule has 1 heterocycles. The number of nitrogens with one attached hydrogen (secondary N) is 1. The summed E-state index contributed by atoms with van der Waals surface area (Å²) >= 11 is 0. The third-order valence-electron chi connectivity index (χ3n) is 4.22. The predicted octanol–water partition coefficient (Wildman–Crippen LogP) is 2.01. The zero-order chi connectivity index (χ0) is 16.9. The van der Waals surface area contributed by atoms with Crippen molar-refractivity contribution in [2.75, 3.05) is 20.2 Å². The highest BCUT2D eigenvalue weighted by atomic mass is 16.5. The molecule has 0 saturated carbocycles. The molecule has 5 nitrogen and oxygen atoms in total. The number of carbonyl (C=O) groups excluding carboxylic acids is 2. The second kappa shape index (κ2) is 7.17. The topological polar surface area (TPSA) is 58.6 Å². The molecule has 0 aromatic heterocycles. The van der Waals surface area contributed by atoms with Crippen molar-refractivity contribution in [2.45, 2.75) is 13.0 Å². The van der Waals surface area contributed by atoms with Crippen LogP contribution in [0.2, 0.25) is 0 Å². The molecule has 1 aliphatic rings. The van der Waals surface area contributed by atoms with Crippen molar-refractivity contribution in [1.82, 2.24) is 10.2 Å². The van der Waals surface area contributed by atoms with Crippen molar-refractivity contribution in [3.05, 3.63) is 65.2 Å². The fourth-order valence-electron chi connectivity index (χ4n) is 2.84. The van der Waals surface area contributed by atoms with Crippen LogP contribution in [0.5, 0.6) is 5.75 Å². The lowest BCUT2D eigenvalue weighted by Crippen LogP contribution is -2.42. The van der Waals surface area contributed by atoms with Crippen LogP contribution in [0.25, 0.3) is 0 Å². The van der Waals surface area contributed by atoms with Gasteiger partial charge in [0.1, 0.15) is 5.75 Å². The number of nitrogens with zero attached hydrogens (tertiary/aromatic N) is 1. The number of benzene rings is 2. The van der Waals surface area contributed by atoms with E-state index in [2.05, 4.69) is 11.4 Å². The number of hydrogen-bond donors (Lipinski definition) is 1. The second-order valence-corrected chi connectivity index (χ2v) is 5.75. The molecule has 0 aliphatic carbocycles. The molecule has 0 unspecified atom stereocenters. The first-order valence-electron chi connectivity index (χ1n) is 7.94. The van der Waals surface area contributed by atoms with Gasteiger partial charge in [-0.15, -0.1) is 0 Å². The largest absolute Gasteiger partial charge is 0.497 e. The third kappa shape index (κ3) is 3.56. The summed E-state index contributed by atoms with van der Waals surface area (Å²) < 4.78 is 5.10. The number of rotatable bonds is 4. The van der Waals surface area contributed by atoms with Gasteiger partial charge in [-0.3, -0.25) is 9.59 Å². The number of carbonyl (C=O) groups is 2. The molecular formula is C19H20N2O3. The van der Waals surface area contributed by atoms with Crippen molar-refractivity contribution in [3.8, 4) is 5.75 Å². The Morgan fingerprint density at radius 1 is 1.12 bits per heavy atom. The van der Waals surface area contributed by atoms with Crippen LogP contribution >= 0.6 is 0 Å². The van der Waals surface area contributed by atoms with Gasteiger partial charge in [0.25, 0.3) is 5.91 Å². The minimum absolute atomic E-state index is 0.00178. The number of amides is 2. The van der Waals surface area contributed by atoms with E-state index in [0.717, 1.165) is 6.42 Å². The molecule has 5 heteroatoms. The number of methoxy groups -OCH3 is 1. The van der Waals surface area contributed by atoms with Crippen molar-refractivity contribution in [2.24, 2.45) is 0 Å². The van der Waals surface area contributed by atoms with Gasteiger partial charge >= 0.3 is 0 Å². The Balaban J connectivity index is 1.57. The summed E-state index contributed by atoms with van der Waals surface area (Å²) in [5.74, 6) is 0.266. The van der Waals surface area contributed by atoms with Crippen LogP contribution in [0, 0.1) is 0 Å². The summed E-state index contributed by atoms with van der Waals surface area (Å²) in [6, 6.07) is 15.0. The molecule has 2 amide bonds. The number of hydrogen-bond acceptors (Lipinski definition) is 3. The van der Waals surface area contributed by atoms with Crippen LogP contribution in [0.1, 0.15) is 21.5 Å². The van der Waals surface area contributed by atoms with E-state index in [-0.39, 0.29) is 18.4 Å². The van der Waals surface area contributed by atoms with Crippen molar-refractivity contribution < 1.29 is 14.3 Å².